The van der Waals surface area contributed by atoms with Crippen molar-refractivity contribution in [1.82, 2.24) is 0 Å². The molecule has 12 heavy (non-hydrogen) atoms. The molecule has 1 unspecified atom stereocenters. The topological polar surface area (TPSA) is 39.2 Å². The van der Waals surface area contributed by atoms with Crippen LogP contribution in [0.5, 0.6) is 0 Å². The SMILES string of the molecule is NC(c1ccoc1Br)C1CCC1. The van der Waals surface area contributed by atoms with E-state index in [0.29, 0.717) is 5.92 Å². The van der Waals surface area contributed by atoms with E-state index in [1.54, 1.807) is 6.26 Å². The molecule has 0 spiro atoms. The molecule has 66 valence electrons. The minimum absolute atomic E-state index is 0.159. The normalized spacial score (nSPS) is 20.5. The molecule has 0 aliphatic heterocycles. The van der Waals surface area contributed by atoms with E-state index in [4.69, 9.17) is 10.2 Å². The summed E-state index contributed by atoms with van der Waals surface area (Å²) in [6.45, 7) is 0. The largest absolute Gasteiger partial charge is 0.457 e. The Morgan fingerprint density at radius 2 is 2.33 bits per heavy atom. The number of halogens is 1. The van der Waals surface area contributed by atoms with Crippen LogP contribution in [0, 0.1) is 5.92 Å². The molecule has 1 atom stereocenters. The molecule has 1 saturated carbocycles. The van der Waals surface area contributed by atoms with Crippen molar-refractivity contribution in [2.45, 2.75) is 25.3 Å². The molecule has 0 amide bonds. The standard InChI is InChI=1S/C9H12BrNO/c10-9-7(4-5-12-9)8(11)6-2-1-3-6/h4-6,8H,1-3,11H2. The molecule has 2 nitrogen and oxygen atoms in total. The number of furan rings is 1. The van der Waals surface area contributed by atoms with Crippen molar-refractivity contribution < 1.29 is 4.42 Å². The van der Waals surface area contributed by atoms with Crippen molar-refractivity contribution in [1.29, 1.82) is 0 Å². The lowest BCUT2D eigenvalue weighted by atomic mass is 9.78. The summed E-state index contributed by atoms with van der Waals surface area (Å²) in [6, 6.07) is 2.11. The van der Waals surface area contributed by atoms with Crippen LogP contribution in [0.4, 0.5) is 0 Å². The summed E-state index contributed by atoms with van der Waals surface area (Å²) in [5.41, 5.74) is 7.17. The highest BCUT2D eigenvalue weighted by molar-refractivity contribution is 9.10. The highest BCUT2D eigenvalue weighted by atomic mass is 79.9. The van der Waals surface area contributed by atoms with Crippen LogP contribution < -0.4 is 5.73 Å². The summed E-state index contributed by atoms with van der Waals surface area (Å²) in [5.74, 6) is 0.666. The van der Waals surface area contributed by atoms with Crippen LogP contribution in [0.15, 0.2) is 21.4 Å². The van der Waals surface area contributed by atoms with Gasteiger partial charge in [-0.25, -0.2) is 0 Å². The first-order valence-electron chi connectivity index (χ1n) is 4.27. The van der Waals surface area contributed by atoms with Gasteiger partial charge in [0.25, 0.3) is 0 Å². The van der Waals surface area contributed by atoms with E-state index >= 15 is 0 Å². The lowest BCUT2D eigenvalue weighted by Crippen LogP contribution is -2.26. The van der Waals surface area contributed by atoms with Gasteiger partial charge in [0.15, 0.2) is 4.67 Å². The second-order valence-corrected chi connectivity index (χ2v) is 4.09. The third-order valence-corrected chi connectivity index (χ3v) is 3.31. The molecule has 1 fully saturated rings. The number of hydrogen-bond donors (Lipinski definition) is 1. The quantitative estimate of drug-likeness (QED) is 0.848. The zero-order valence-electron chi connectivity index (χ0n) is 6.79. The van der Waals surface area contributed by atoms with Gasteiger partial charge in [-0.05, 0) is 40.8 Å². The smallest absolute Gasteiger partial charge is 0.173 e. The Hall–Kier alpha value is -0.280. The summed E-state index contributed by atoms with van der Waals surface area (Å²) in [4.78, 5) is 0. The van der Waals surface area contributed by atoms with E-state index in [1.807, 2.05) is 6.07 Å². The van der Waals surface area contributed by atoms with Gasteiger partial charge in [-0.15, -0.1) is 0 Å². The van der Waals surface area contributed by atoms with Gasteiger partial charge < -0.3 is 10.2 Å². The monoisotopic (exact) mass is 229 g/mol. The molecular weight excluding hydrogens is 218 g/mol. The number of rotatable bonds is 2. The van der Waals surface area contributed by atoms with Crippen molar-refractivity contribution in [2.24, 2.45) is 11.7 Å². The van der Waals surface area contributed by atoms with E-state index in [2.05, 4.69) is 15.9 Å². The molecular formula is C9H12BrNO. The molecule has 0 saturated heterocycles. The molecule has 1 aromatic heterocycles. The zero-order valence-corrected chi connectivity index (χ0v) is 8.38. The summed E-state index contributed by atoms with van der Waals surface area (Å²) >= 11 is 3.34. The Labute approximate surface area is 80.3 Å². The third-order valence-electron chi connectivity index (χ3n) is 2.66. The van der Waals surface area contributed by atoms with Crippen molar-refractivity contribution in [3.05, 3.63) is 22.6 Å². The summed E-state index contributed by atoms with van der Waals surface area (Å²) in [7, 11) is 0. The van der Waals surface area contributed by atoms with Crippen LogP contribution in [0.3, 0.4) is 0 Å². The van der Waals surface area contributed by atoms with Crippen LogP contribution in [0.1, 0.15) is 30.9 Å². The van der Waals surface area contributed by atoms with Crippen molar-refractivity contribution in [3.63, 3.8) is 0 Å². The lowest BCUT2D eigenvalue weighted by Gasteiger charge is -2.30. The maximum absolute atomic E-state index is 6.06. The van der Waals surface area contributed by atoms with Crippen LogP contribution in [0.2, 0.25) is 0 Å². The molecule has 2 N–H and O–H groups in total. The average Bonchev–Trinajstić information content (AvgIpc) is 2.31. The number of hydrogen-bond acceptors (Lipinski definition) is 2. The van der Waals surface area contributed by atoms with Gasteiger partial charge in [0.05, 0.1) is 6.26 Å². The first kappa shape index (κ1) is 8.32. The lowest BCUT2D eigenvalue weighted by molar-refractivity contribution is 0.262. The van der Waals surface area contributed by atoms with Gasteiger partial charge >= 0.3 is 0 Å². The second kappa shape index (κ2) is 3.23. The Balaban J connectivity index is 2.13. The molecule has 0 bridgehead atoms. The van der Waals surface area contributed by atoms with E-state index in [9.17, 15) is 0 Å². The van der Waals surface area contributed by atoms with Crippen LogP contribution in [-0.4, -0.2) is 0 Å². The van der Waals surface area contributed by atoms with Gasteiger partial charge in [-0.1, -0.05) is 6.42 Å². The molecule has 1 aliphatic carbocycles. The highest BCUT2D eigenvalue weighted by Crippen LogP contribution is 2.38. The average molecular weight is 230 g/mol. The number of nitrogens with two attached hydrogens (primary N) is 1. The summed E-state index contributed by atoms with van der Waals surface area (Å²) in [5, 5.41) is 0. The molecule has 0 radical (unpaired) electrons. The highest BCUT2D eigenvalue weighted by Gasteiger charge is 2.27. The van der Waals surface area contributed by atoms with Gasteiger partial charge in [-0.3, -0.25) is 0 Å². The van der Waals surface area contributed by atoms with Crippen LogP contribution in [0.25, 0.3) is 0 Å². The maximum atomic E-state index is 6.06. The third kappa shape index (κ3) is 1.31. The maximum Gasteiger partial charge on any atom is 0.173 e. The van der Waals surface area contributed by atoms with Crippen LogP contribution >= 0.6 is 15.9 Å². The first-order valence-corrected chi connectivity index (χ1v) is 5.07. The fraction of sp³-hybridized carbons (Fsp3) is 0.556. The molecule has 3 heteroatoms. The van der Waals surface area contributed by atoms with E-state index < -0.39 is 0 Å². The van der Waals surface area contributed by atoms with Crippen LogP contribution in [-0.2, 0) is 0 Å². The fourth-order valence-electron chi connectivity index (χ4n) is 1.60. The Bertz CT molecular complexity index is 267. The van der Waals surface area contributed by atoms with Gasteiger partial charge in [0.1, 0.15) is 0 Å². The van der Waals surface area contributed by atoms with E-state index in [-0.39, 0.29) is 6.04 Å². The summed E-state index contributed by atoms with van der Waals surface area (Å²) < 4.78 is 5.93. The van der Waals surface area contributed by atoms with Crippen molar-refractivity contribution in [2.75, 3.05) is 0 Å². The Kier molecular flexibility index (Phi) is 2.24. The minimum Gasteiger partial charge on any atom is -0.457 e. The molecule has 1 aliphatic rings. The van der Waals surface area contributed by atoms with Gasteiger partial charge in [-0.2, -0.15) is 0 Å². The van der Waals surface area contributed by atoms with Gasteiger partial charge in [0, 0.05) is 11.6 Å². The molecule has 2 rings (SSSR count). The molecule has 1 heterocycles. The Morgan fingerprint density at radius 1 is 1.58 bits per heavy atom. The summed E-state index contributed by atoms with van der Waals surface area (Å²) in [6.07, 6.45) is 5.53. The first-order chi connectivity index (χ1) is 5.79. The van der Waals surface area contributed by atoms with E-state index in [0.717, 1.165) is 10.2 Å². The predicted octanol–water partition coefficient (Wildman–Crippen LogP) is 2.84. The second-order valence-electron chi connectivity index (χ2n) is 3.37. The van der Waals surface area contributed by atoms with Gasteiger partial charge in [0.2, 0.25) is 0 Å². The zero-order chi connectivity index (χ0) is 8.55. The Morgan fingerprint density at radius 3 is 2.75 bits per heavy atom. The predicted molar refractivity (Wildman–Crippen MR) is 50.7 cm³/mol. The van der Waals surface area contributed by atoms with Crippen molar-refractivity contribution >= 4 is 15.9 Å². The fourth-order valence-corrected chi connectivity index (χ4v) is 2.10. The molecule has 1 aromatic rings. The molecule has 0 aromatic carbocycles. The van der Waals surface area contributed by atoms with E-state index in [1.165, 1.54) is 19.3 Å². The minimum atomic E-state index is 0.159. The van der Waals surface area contributed by atoms with Crippen molar-refractivity contribution in [3.8, 4) is 0 Å².